The van der Waals surface area contributed by atoms with E-state index < -0.39 is 6.10 Å². The largest absolute Gasteiger partial charge is 0.393 e. The van der Waals surface area contributed by atoms with E-state index in [2.05, 4.69) is 17.1 Å². The Labute approximate surface area is 176 Å². The number of unbranched alkanes of at least 4 members (excludes halogenated alkanes) is 6. The molecule has 0 bridgehead atoms. The molecule has 29 heavy (non-hydrogen) atoms. The van der Waals surface area contributed by atoms with Crippen LogP contribution in [0.15, 0.2) is 30.3 Å². The van der Waals surface area contributed by atoms with Crippen LogP contribution in [0.2, 0.25) is 0 Å². The van der Waals surface area contributed by atoms with Crippen molar-refractivity contribution in [2.75, 3.05) is 19.6 Å². The van der Waals surface area contributed by atoms with Crippen LogP contribution in [-0.4, -0.2) is 52.8 Å². The van der Waals surface area contributed by atoms with Gasteiger partial charge in [0.1, 0.15) is 6.10 Å². The summed E-state index contributed by atoms with van der Waals surface area (Å²) in [6, 6.07) is 9.21. The maximum atomic E-state index is 12.5. The van der Waals surface area contributed by atoms with Gasteiger partial charge in [0.15, 0.2) is 0 Å². The molecule has 5 heteroatoms. The second kappa shape index (κ2) is 13.7. The fourth-order valence-electron chi connectivity index (χ4n) is 4.01. The molecule has 0 saturated carbocycles. The lowest BCUT2D eigenvalue weighted by Gasteiger charge is -2.34. The summed E-state index contributed by atoms with van der Waals surface area (Å²) in [4.78, 5) is 14.8. The van der Waals surface area contributed by atoms with Crippen LogP contribution in [0.1, 0.15) is 82.8 Å². The predicted octanol–water partition coefficient (Wildman–Crippen LogP) is 3.80. The fraction of sp³-hybridized carbons (Fsp3) is 0.708. The molecule has 1 fully saturated rings. The highest BCUT2D eigenvalue weighted by molar-refractivity contribution is 5.76. The Kier molecular flexibility index (Phi) is 11.3. The van der Waals surface area contributed by atoms with Crippen LogP contribution < -0.4 is 5.32 Å². The first-order valence-corrected chi connectivity index (χ1v) is 11.5. The molecule has 2 rings (SSSR count). The van der Waals surface area contributed by atoms with Crippen molar-refractivity contribution in [1.29, 1.82) is 0 Å². The summed E-state index contributed by atoms with van der Waals surface area (Å²) in [5, 5.41) is 23.7. The third kappa shape index (κ3) is 9.28. The van der Waals surface area contributed by atoms with Crippen LogP contribution in [0.4, 0.5) is 0 Å². The van der Waals surface area contributed by atoms with Gasteiger partial charge < -0.3 is 20.4 Å². The molecule has 2 atom stereocenters. The third-order valence-electron chi connectivity index (χ3n) is 5.89. The van der Waals surface area contributed by atoms with Crippen molar-refractivity contribution in [3.05, 3.63) is 35.9 Å². The Bertz CT molecular complexity index is 559. The second-order valence-electron chi connectivity index (χ2n) is 8.43. The maximum absolute atomic E-state index is 12.5. The van der Waals surface area contributed by atoms with Crippen LogP contribution in [0.25, 0.3) is 0 Å². The van der Waals surface area contributed by atoms with E-state index in [-0.39, 0.29) is 18.1 Å². The van der Waals surface area contributed by atoms with Crippen molar-refractivity contribution in [3.63, 3.8) is 0 Å². The number of hydrogen-bond donors (Lipinski definition) is 3. The predicted molar refractivity (Wildman–Crippen MR) is 118 cm³/mol. The number of likely N-dealkylation sites (tertiary alicyclic amines) is 1. The van der Waals surface area contributed by atoms with Gasteiger partial charge in [-0.05, 0) is 24.8 Å². The Balaban J connectivity index is 1.83. The van der Waals surface area contributed by atoms with Gasteiger partial charge in [-0.25, -0.2) is 0 Å². The minimum atomic E-state index is -0.735. The SMILES string of the molecule is CCCCCCCCCC(=O)N[C@H](CN1CCC(O)CC1)[C@H](O)c1ccccc1. The van der Waals surface area contributed by atoms with Gasteiger partial charge in [0.2, 0.25) is 5.91 Å². The molecule has 1 aromatic rings. The van der Waals surface area contributed by atoms with E-state index in [1.54, 1.807) is 0 Å². The first kappa shape index (κ1) is 23.8. The highest BCUT2D eigenvalue weighted by atomic mass is 16.3. The van der Waals surface area contributed by atoms with Gasteiger partial charge in [0, 0.05) is 26.1 Å². The number of aliphatic hydroxyl groups is 2. The molecule has 1 amide bonds. The molecule has 1 aliphatic heterocycles. The number of nitrogens with zero attached hydrogens (tertiary/aromatic N) is 1. The van der Waals surface area contributed by atoms with E-state index in [1.807, 2.05) is 30.3 Å². The Morgan fingerprint density at radius 2 is 1.69 bits per heavy atom. The molecule has 0 unspecified atom stereocenters. The highest BCUT2D eigenvalue weighted by Gasteiger charge is 2.27. The summed E-state index contributed by atoms with van der Waals surface area (Å²) in [5.74, 6) is 0.0237. The topological polar surface area (TPSA) is 72.8 Å². The number of aliphatic hydroxyl groups excluding tert-OH is 2. The monoisotopic (exact) mass is 404 g/mol. The lowest BCUT2D eigenvalue weighted by molar-refractivity contribution is -0.123. The Hall–Kier alpha value is -1.43. The van der Waals surface area contributed by atoms with Crippen molar-refractivity contribution in [2.24, 2.45) is 0 Å². The quantitative estimate of drug-likeness (QED) is 0.437. The number of piperidine rings is 1. The lowest BCUT2D eigenvalue weighted by Crippen LogP contribution is -2.49. The van der Waals surface area contributed by atoms with E-state index in [4.69, 9.17) is 0 Å². The van der Waals surface area contributed by atoms with E-state index in [9.17, 15) is 15.0 Å². The molecule has 0 spiro atoms. The molecule has 0 aromatic heterocycles. The van der Waals surface area contributed by atoms with Crippen LogP contribution >= 0.6 is 0 Å². The molecule has 1 aromatic carbocycles. The van der Waals surface area contributed by atoms with Crippen LogP contribution in [0.5, 0.6) is 0 Å². The highest BCUT2D eigenvalue weighted by Crippen LogP contribution is 2.20. The number of nitrogens with one attached hydrogen (secondary N) is 1. The summed E-state index contributed by atoms with van der Waals surface area (Å²) in [7, 11) is 0. The maximum Gasteiger partial charge on any atom is 0.220 e. The number of amides is 1. The van der Waals surface area contributed by atoms with Gasteiger partial charge in [0.05, 0.1) is 12.1 Å². The molecule has 1 aliphatic rings. The normalized spacial score (nSPS) is 17.8. The number of carbonyl (C=O) groups excluding carboxylic acids is 1. The molecule has 0 aliphatic carbocycles. The Morgan fingerprint density at radius 1 is 1.07 bits per heavy atom. The van der Waals surface area contributed by atoms with Crippen LogP contribution in [0.3, 0.4) is 0 Å². The first-order valence-electron chi connectivity index (χ1n) is 11.5. The number of rotatable bonds is 13. The zero-order chi connectivity index (χ0) is 20.9. The van der Waals surface area contributed by atoms with Gasteiger partial charge in [-0.1, -0.05) is 75.8 Å². The number of benzene rings is 1. The average Bonchev–Trinajstić information content (AvgIpc) is 2.74. The number of hydrogen-bond acceptors (Lipinski definition) is 4. The van der Waals surface area contributed by atoms with E-state index >= 15 is 0 Å². The zero-order valence-electron chi connectivity index (χ0n) is 18.1. The van der Waals surface area contributed by atoms with Crippen molar-refractivity contribution in [2.45, 2.75) is 89.4 Å². The van der Waals surface area contributed by atoms with E-state index in [0.717, 1.165) is 44.3 Å². The van der Waals surface area contributed by atoms with Crippen LogP contribution in [-0.2, 0) is 4.79 Å². The molecular formula is C24H40N2O3. The molecule has 3 N–H and O–H groups in total. The molecular weight excluding hydrogens is 364 g/mol. The van der Waals surface area contributed by atoms with Crippen molar-refractivity contribution in [1.82, 2.24) is 10.2 Å². The van der Waals surface area contributed by atoms with Crippen molar-refractivity contribution < 1.29 is 15.0 Å². The van der Waals surface area contributed by atoms with E-state index in [0.29, 0.717) is 13.0 Å². The van der Waals surface area contributed by atoms with Gasteiger partial charge in [-0.3, -0.25) is 4.79 Å². The standard InChI is InChI=1S/C24H40N2O3/c1-2-3-4-5-6-7-11-14-23(28)25-22(19-26-17-15-21(27)16-18-26)24(29)20-12-9-8-10-13-20/h8-10,12-13,21-22,24,27,29H,2-7,11,14-19H2,1H3,(H,25,28)/t22-,24-/m1/s1. The van der Waals surface area contributed by atoms with Gasteiger partial charge >= 0.3 is 0 Å². The average molecular weight is 405 g/mol. The van der Waals surface area contributed by atoms with Gasteiger partial charge in [-0.15, -0.1) is 0 Å². The second-order valence-corrected chi connectivity index (χ2v) is 8.43. The summed E-state index contributed by atoms with van der Waals surface area (Å²) in [5.41, 5.74) is 0.825. The van der Waals surface area contributed by atoms with Crippen LogP contribution in [0, 0.1) is 0 Å². The minimum Gasteiger partial charge on any atom is -0.393 e. The summed E-state index contributed by atoms with van der Waals surface area (Å²) in [6.45, 7) is 4.42. The summed E-state index contributed by atoms with van der Waals surface area (Å²) in [6.07, 6.45) is 9.34. The summed E-state index contributed by atoms with van der Waals surface area (Å²) < 4.78 is 0. The molecule has 164 valence electrons. The fourth-order valence-corrected chi connectivity index (χ4v) is 4.01. The first-order chi connectivity index (χ1) is 14.1. The van der Waals surface area contributed by atoms with Crippen molar-refractivity contribution >= 4 is 5.91 Å². The molecule has 1 heterocycles. The van der Waals surface area contributed by atoms with Gasteiger partial charge in [0.25, 0.3) is 0 Å². The lowest BCUT2D eigenvalue weighted by atomic mass is 9.99. The van der Waals surface area contributed by atoms with E-state index in [1.165, 1.54) is 32.1 Å². The zero-order valence-corrected chi connectivity index (χ0v) is 18.1. The third-order valence-corrected chi connectivity index (χ3v) is 5.89. The minimum absolute atomic E-state index is 0.0237. The molecule has 1 saturated heterocycles. The smallest absolute Gasteiger partial charge is 0.220 e. The van der Waals surface area contributed by atoms with Gasteiger partial charge in [-0.2, -0.15) is 0 Å². The molecule has 0 radical (unpaired) electrons. The van der Waals surface area contributed by atoms with Crippen molar-refractivity contribution in [3.8, 4) is 0 Å². The Morgan fingerprint density at radius 3 is 2.34 bits per heavy atom. The molecule has 5 nitrogen and oxygen atoms in total. The summed E-state index contributed by atoms with van der Waals surface area (Å²) >= 11 is 0. The number of carbonyl (C=O) groups is 1.